The van der Waals surface area contributed by atoms with Gasteiger partial charge in [0, 0.05) is 32.4 Å². The van der Waals surface area contributed by atoms with Crippen LogP contribution < -0.4 is 5.32 Å². The molecule has 0 radical (unpaired) electrons. The zero-order valence-electron chi connectivity index (χ0n) is 9.55. The van der Waals surface area contributed by atoms with E-state index in [1.54, 1.807) is 31.3 Å². The minimum absolute atomic E-state index is 0.398. The lowest BCUT2D eigenvalue weighted by Crippen LogP contribution is -2.26. The molecule has 0 aliphatic rings. The van der Waals surface area contributed by atoms with Crippen molar-refractivity contribution < 1.29 is 4.92 Å². The molecule has 0 saturated heterocycles. The second-order valence-corrected chi connectivity index (χ2v) is 3.72. The number of halogens is 1. The van der Waals surface area contributed by atoms with Crippen molar-refractivity contribution in [2.75, 3.05) is 14.1 Å². The molecule has 0 fully saturated rings. The van der Waals surface area contributed by atoms with Gasteiger partial charge in [-0.1, -0.05) is 17.7 Å². The highest BCUT2D eigenvalue weighted by atomic mass is 35.5. The Hall–Kier alpha value is -1.82. The molecule has 17 heavy (non-hydrogen) atoms. The molecule has 1 aromatic rings. The molecule has 1 rings (SSSR count). The average Bonchev–Trinajstić information content (AvgIpc) is 2.28. The van der Waals surface area contributed by atoms with Crippen molar-refractivity contribution in [3.05, 3.63) is 51.2 Å². The summed E-state index contributed by atoms with van der Waals surface area (Å²) in [6.45, 7) is 0.438. The largest absolute Gasteiger partial charge is 0.370 e. The first kappa shape index (κ1) is 13.2. The summed E-state index contributed by atoms with van der Waals surface area (Å²) in [6, 6.07) is 3.59. The first-order valence-electron chi connectivity index (χ1n) is 4.88. The van der Waals surface area contributed by atoms with Gasteiger partial charge in [-0.05, 0) is 6.07 Å². The number of aromatic nitrogens is 1. The predicted molar refractivity (Wildman–Crippen MR) is 64.9 cm³/mol. The molecular formula is C10H13ClN4O2. The number of nitrogens with zero attached hydrogens (tertiary/aromatic N) is 3. The van der Waals surface area contributed by atoms with E-state index in [1.807, 2.05) is 6.07 Å². The highest BCUT2D eigenvalue weighted by Gasteiger charge is 2.10. The van der Waals surface area contributed by atoms with Crippen LogP contribution in [0.1, 0.15) is 5.56 Å². The molecule has 0 bridgehead atoms. The molecule has 1 aromatic heterocycles. The Morgan fingerprint density at radius 2 is 2.47 bits per heavy atom. The smallest absolute Gasteiger partial charge is 0.274 e. The molecule has 0 atom stereocenters. The van der Waals surface area contributed by atoms with E-state index in [0.29, 0.717) is 17.5 Å². The molecule has 0 unspecified atom stereocenters. The summed E-state index contributed by atoms with van der Waals surface area (Å²) < 4.78 is 0. The van der Waals surface area contributed by atoms with Crippen LogP contribution in [-0.2, 0) is 6.54 Å². The molecule has 0 aromatic carbocycles. The highest BCUT2D eigenvalue weighted by Crippen LogP contribution is 2.14. The molecule has 6 nitrogen and oxygen atoms in total. The summed E-state index contributed by atoms with van der Waals surface area (Å²) in [5, 5.41) is 13.6. The van der Waals surface area contributed by atoms with Gasteiger partial charge in [-0.15, -0.1) is 0 Å². The summed E-state index contributed by atoms with van der Waals surface area (Å²) in [4.78, 5) is 15.5. The molecule has 7 heteroatoms. The highest BCUT2D eigenvalue weighted by molar-refractivity contribution is 6.30. The van der Waals surface area contributed by atoms with Crippen LogP contribution in [0, 0.1) is 10.1 Å². The predicted octanol–water partition coefficient (Wildman–Crippen LogP) is 1.46. The number of hydrogen-bond donors (Lipinski definition) is 1. The fraction of sp³-hybridized carbons (Fsp3) is 0.300. The first-order valence-corrected chi connectivity index (χ1v) is 5.26. The van der Waals surface area contributed by atoms with Crippen LogP contribution >= 0.6 is 11.6 Å². The fourth-order valence-electron chi connectivity index (χ4n) is 1.33. The minimum Gasteiger partial charge on any atom is -0.370 e. The first-order chi connectivity index (χ1) is 8.04. The van der Waals surface area contributed by atoms with E-state index in [-0.39, 0.29) is 0 Å². The van der Waals surface area contributed by atoms with E-state index in [1.165, 1.54) is 0 Å². The number of rotatable bonds is 5. The third kappa shape index (κ3) is 3.92. The summed E-state index contributed by atoms with van der Waals surface area (Å²) in [6.07, 6.45) is 2.50. The molecule has 1 N–H and O–H groups in total. The van der Waals surface area contributed by atoms with Crippen LogP contribution in [0.25, 0.3) is 0 Å². The van der Waals surface area contributed by atoms with Crippen LogP contribution in [-0.4, -0.2) is 28.9 Å². The van der Waals surface area contributed by atoms with Crippen molar-refractivity contribution in [1.82, 2.24) is 15.2 Å². The Balaban J connectivity index is 2.81. The molecule has 1 heterocycles. The normalized spacial score (nSPS) is 11.1. The summed E-state index contributed by atoms with van der Waals surface area (Å²) in [5.41, 5.74) is 0.807. The van der Waals surface area contributed by atoms with Gasteiger partial charge in [0.2, 0.25) is 0 Å². The molecule has 0 amide bonds. The second kappa shape index (κ2) is 6.05. The van der Waals surface area contributed by atoms with Gasteiger partial charge in [-0.25, -0.2) is 4.98 Å². The van der Waals surface area contributed by atoms with E-state index in [4.69, 9.17) is 11.6 Å². The Labute approximate surface area is 104 Å². The van der Waals surface area contributed by atoms with Gasteiger partial charge in [-0.3, -0.25) is 10.1 Å². The Morgan fingerprint density at radius 3 is 3.00 bits per heavy atom. The molecular weight excluding hydrogens is 244 g/mol. The van der Waals surface area contributed by atoms with Gasteiger partial charge in [0.15, 0.2) is 5.82 Å². The van der Waals surface area contributed by atoms with Crippen molar-refractivity contribution in [3.8, 4) is 0 Å². The molecule has 0 saturated carbocycles. The zero-order chi connectivity index (χ0) is 12.8. The average molecular weight is 257 g/mol. The number of hydrogen-bond acceptors (Lipinski definition) is 5. The van der Waals surface area contributed by atoms with E-state index < -0.39 is 4.92 Å². The van der Waals surface area contributed by atoms with Crippen molar-refractivity contribution in [2.45, 2.75) is 6.54 Å². The van der Waals surface area contributed by atoms with Gasteiger partial charge < -0.3 is 10.2 Å². The fourth-order valence-corrected chi connectivity index (χ4v) is 1.51. The Bertz CT molecular complexity index is 436. The van der Waals surface area contributed by atoms with Crippen LogP contribution in [0.5, 0.6) is 0 Å². The van der Waals surface area contributed by atoms with E-state index >= 15 is 0 Å². The lowest BCUT2D eigenvalue weighted by atomic mass is 10.3. The minimum atomic E-state index is -0.507. The molecule has 92 valence electrons. The van der Waals surface area contributed by atoms with Crippen LogP contribution in [0.2, 0.25) is 5.15 Å². The van der Waals surface area contributed by atoms with E-state index in [0.717, 1.165) is 11.8 Å². The van der Waals surface area contributed by atoms with Gasteiger partial charge in [0.25, 0.3) is 6.20 Å². The quantitative estimate of drug-likeness (QED) is 0.491. The van der Waals surface area contributed by atoms with Crippen molar-refractivity contribution >= 4 is 11.6 Å². The number of nitro groups is 1. The van der Waals surface area contributed by atoms with Crippen molar-refractivity contribution in [3.63, 3.8) is 0 Å². The van der Waals surface area contributed by atoms with Gasteiger partial charge in [-0.2, -0.15) is 0 Å². The maximum Gasteiger partial charge on any atom is 0.274 e. The van der Waals surface area contributed by atoms with Crippen molar-refractivity contribution in [2.24, 2.45) is 0 Å². The van der Waals surface area contributed by atoms with E-state index in [2.05, 4.69) is 10.3 Å². The lowest BCUT2D eigenvalue weighted by Gasteiger charge is -2.20. The maximum absolute atomic E-state index is 10.4. The molecule has 0 spiro atoms. The van der Waals surface area contributed by atoms with Gasteiger partial charge in [0.1, 0.15) is 5.15 Å². The standard InChI is InChI=1S/C10H13ClN4O2/c1-12-9(7-15(16)17)14(2)6-8-4-3-5-13-10(8)11/h3-5,7,12H,6H2,1-2H3/b9-7-. The monoisotopic (exact) mass is 256 g/mol. The lowest BCUT2D eigenvalue weighted by molar-refractivity contribution is -0.404. The van der Waals surface area contributed by atoms with Gasteiger partial charge >= 0.3 is 0 Å². The summed E-state index contributed by atoms with van der Waals surface area (Å²) in [5.74, 6) is 0.398. The summed E-state index contributed by atoms with van der Waals surface area (Å²) >= 11 is 5.91. The van der Waals surface area contributed by atoms with Crippen molar-refractivity contribution in [1.29, 1.82) is 0 Å². The SMILES string of the molecule is CN/C(=C/[N+](=O)[O-])N(C)Cc1cccnc1Cl. The van der Waals surface area contributed by atoms with Crippen LogP contribution in [0.15, 0.2) is 30.4 Å². The zero-order valence-corrected chi connectivity index (χ0v) is 10.3. The number of pyridine rings is 1. The molecule has 0 aliphatic carbocycles. The van der Waals surface area contributed by atoms with Crippen LogP contribution in [0.4, 0.5) is 0 Å². The maximum atomic E-state index is 10.4. The third-order valence-electron chi connectivity index (χ3n) is 2.14. The van der Waals surface area contributed by atoms with Crippen LogP contribution in [0.3, 0.4) is 0 Å². The Kier molecular flexibility index (Phi) is 4.71. The second-order valence-electron chi connectivity index (χ2n) is 3.36. The number of nitrogens with one attached hydrogen (secondary N) is 1. The topological polar surface area (TPSA) is 71.3 Å². The third-order valence-corrected chi connectivity index (χ3v) is 2.48. The summed E-state index contributed by atoms with van der Waals surface area (Å²) in [7, 11) is 3.35. The molecule has 0 aliphatic heterocycles. The van der Waals surface area contributed by atoms with Gasteiger partial charge in [0.05, 0.1) is 4.92 Å². The van der Waals surface area contributed by atoms with E-state index in [9.17, 15) is 10.1 Å². The Morgan fingerprint density at radius 1 is 1.76 bits per heavy atom.